The van der Waals surface area contributed by atoms with Crippen LogP contribution in [0.5, 0.6) is 0 Å². The van der Waals surface area contributed by atoms with Gasteiger partial charge in [-0.1, -0.05) is 0 Å². The number of aliphatic hydroxyl groups excluding tert-OH is 3. The molecule has 0 fully saturated rings. The van der Waals surface area contributed by atoms with E-state index in [1.165, 1.54) is 0 Å². The smallest absolute Gasteiger partial charge is 0.143 e. The molecule has 0 radical (unpaired) electrons. The molecule has 0 aliphatic carbocycles. The predicted molar refractivity (Wildman–Crippen MR) is 101 cm³/mol. The van der Waals surface area contributed by atoms with Crippen LogP contribution in [-0.2, 0) is 18.9 Å². The van der Waals surface area contributed by atoms with Crippen molar-refractivity contribution in [3.05, 3.63) is 0 Å². The van der Waals surface area contributed by atoms with Crippen LogP contribution < -0.4 is 5.32 Å². The molecule has 0 rings (SSSR count). The fraction of sp³-hybridized carbons (Fsp3) is 1.00. The third kappa shape index (κ3) is 18.7. The molecule has 27 heavy (non-hydrogen) atoms. The Labute approximate surface area is 162 Å². The molecular weight excluding hydrogens is 358 g/mol. The fourth-order valence-corrected chi connectivity index (χ4v) is 2.38. The van der Waals surface area contributed by atoms with E-state index >= 15 is 0 Å². The van der Waals surface area contributed by atoms with Crippen LogP contribution in [0.4, 0.5) is 0 Å². The average Bonchev–Trinajstić information content (AvgIpc) is 2.67. The number of hydrogen-bond acceptors (Lipinski definition) is 10. The highest BCUT2D eigenvalue weighted by molar-refractivity contribution is 4.63. The summed E-state index contributed by atoms with van der Waals surface area (Å²) in [6, 6.07) is 0. The molecule has 0 spiro atoms. The first-order valence-electron chi connectivity index (χ1n) is 9.57. The van der Waals surface area contributed by atoms with Crippen LogP contribution in [0.15, 0.2) is 0 Å². The molecule has 0 aromatic rings. The zero-order valence-electron chi connectivity index (χ0n) is 16.7. The van der Waals surface area contributed by atoms with Crippen LogP contribution in [0.1, 0.15) is 6.92 Å². The first-order valence-corrected chi connectivity index (χ1v) is 9.57. The van der Waals surface area contributed by atoms with Crippen molar-refractivity contribution in [2.45, 2.75) is 6.92 Å². The van der Waals surface area contributed by atoms with Gasteiger partial charge in [0.25, 0.3) is 0 Å². The van der Waals surface area contributed by atoms with Gasteiger partial charge in [-0.25, -0.2) is 0 Å². The Morgan fingerprint density at radius 3 is 1.30 bits per heavy atom. The van der Waals surface area contributed by atoms with E-state index in [0.717, 1.165) is 39.3 Å². The van der Waals surface area contributed by atoms with Gasteiger partial charge in [-0.15, -0.1) is 0 Å². The van der Waals surface area contributed by atoms with Gasteiger partial charge >= 0.3 is 0 Å². The Bertz CT molecular complexity index is 245. The van der Waals surface area contributed by atoms with Crippen LogP contribution in [0, 0.1) is 0 Å². The van der Waals surface area contributed by atoms with Crippen molar-refractivity contribution >= 4 is 0 Å². The number of aliphatic hydroxyl groups is 3. The molecule has 0 heterocycles. The van der Waals surface area contributed by atoms with E-state index in [9.17, 15) is 0 Å². The Kier molecular flexibility index (Phi) is 21.6. The standard InChI is InChI=1S/C17H39N3O7/c1-2-24-11-7-19(8-12-25-15-21)5-3-18-4-6-20(9-13-26-16-22)10-14-27-17-23/h18,21-23H,2-17H2,1H3. The zero-order valence-corrected chi connectivity index (χ0v) is 16.7. The Hall–Kier alpha value is -0.400. The second kappa shape index (κ2) is 21.9. The topological polar surface area (TPSA) is 116 Å². The summed E-state index contributed by atoms with van der Waals surface area (Å²) in [6.45, 7) is 10.2. The highest BCUT2D eigenvalue weighted by Crippen LogP contribution is 1.91. The molecular formula is C17H39N3O7. The lowest BCUT2D eigenvalue weighted by atomic mass is 10.4. The lowest BCUT2D eigenvalue weighted by Gasteiger charge is -2.24. The number of nitrogens with one attached hydrogen (secondary N) is 1. The van der Waals surface area contributed by atoms with E-state index in [-0.39, 0.29) is 20.4 Å². The van der Waals surface area contributed by atoms with Gasteiger partial charge in [0, 0.05) is 59.0 Å². The summed E-state index contributed by atoms with van der Waals surface area (Å²) in [5, 5.41) is 29.5. The summed E-state index contributed by atoms with van der Waals surface area (Å²) in [5.74, 6) is 0. The summed E-state index contributed by atoms with van der Waals surface area (Å²) in [4.78, 5) is 4.39. The fourth-order valence-electron chi connectivity index (χ4n) is 2.38. The average molecular weight is 398 g/mol. The van der Waals surface area contributed by atoms with Gasteiger partial charge < -0.3 is 39.6 Å². The summed E-state index contributed by atoms with van der Waals surface area (Å²) < 4.78 is 20.4. The summed E-state index contributed by atoms with van der Waals surface area (Å²) >= 11 is 0. The van der Waals surface area contributed by atoms with Crippen molar-refractivity contribution in [2.75, 3.05) is 106 Å². The van der Waals surface area contributed by atoms with Gasteiger partial charge in [0.1, 0.15) is 20.4 Å². The van der Waals surface area contributed by atoms with Gasteiger partial charge in [-0.2, -0.15) is 0 Å². The maximum absolute atomic E-state index is 8.72. The Morgan fingerprint density at radius 2 is 0.963 bits per heavy atom. The molecule has 0 amide bonds. The maximum Gasteiger partial charge on any atom is 0.143 e. The van der Waals surface area contributed by atoms with E-state index in [1.807, 2.05) is 6.92 Å². The zero-order chi connectivity index (χ0) is 20.0. The third-order valence-corrected chi connectivity index (χ3v) is 3.90. The summed E-state index contributed by atoms with van der Waals surface area (Å²) in [7, 11) is 0. The first-order chi connectivity index (χ1) is 13.3. The van der Waals surface area contributed by atoms with E-state index in [0.29, 0.717) is 46.1 Å². The molecule has 0 aliphatic rings. The molecule has 0 aliphatic heterocycles. The minimum Gasteiger partial charge on any atom is -0.380 e. The van der Waals surface area contributed by atoms with Crippen LogP contribution >= 0.6 is 0 Å². The minimum atomic E-state index is -0.281. The quantitative estimate of drug-likeness (QED) is 0.122. The molecule has 0 unspecified atom stereocenters. The number of nitrogens with zero attached hydrogens (tertiary/aromatic N) is 2. The monoisotopic (exact) mass is 397 g/mol. The second-order valence-corrected chi connectivity index (χ2v) is 5.74. The van der Waals surface area contributed by atoms with Crippen molar-refractivity contribution in [1.29, 1.82) is 0 Å². The largest absolute Gasteiger partial charge is 0.380 e. The normalized spacial score (nSPS) is 11.8. The SMILES string of the molecule is CCOCCN(CCNCCN(CCOCO)CCOCO)CCOCO. The molecule has 0 aromatic carbocycles. The van der Waals surface area contributed by atoms with E-state index in [2.05, 4.69) is 15.1 Å². The van der Waals surface area contributed by atoms with Gasteiger partial charge in [-0.3, -0.25) is 9.80 Å². The molecule has 10 nitrogen and oxygen atoms in total. The summed E-state index contributed by atoms with van der Waals surface area (Å²) in [5.41, 5.74) is 0. The molecule has 4 N–H and O–H groups in total. The Balaban J connectivity index is 3.97. The first kappa shape index (κ1) is 26.6. The van der Waals surface area contributed by atoms with Gasteiger partial charge in [0.2, 0.25) is 0 Å². The molecule has 0 saturated heterocycles. The number of rotatable bonds is 22. The van der Waals surface area contributed by atoms with E-state index in [1.54, 1.807) is 0 Å². The van der Waals surface area contributed by atoms with Crippen molar-refractivity contribution in [2.24, 2.45) is 0 Å². The van der Waals surface area contributed by atoms with Crippen LogP contribution in [0.25, 0.3) is 0 Å². The molecule has 0 atom stereocenters. The van der Waals surface area contributed by atoms with Crippen molar-refractivity contribution in [1.82, 2.24) is 15.1 Å². The molecule has 0 bridgehead atoms. The van der Waals surface area contributed by atoms with Gasteiger partial charge in [0.05, 0.1) is 26.4 Å². The molecule has 164 valence electrons. The second-order valence-electron chi connectivity index (χ2n) is 5.74. The lowest BCUT2D eigenvalue weighted by molar-refractivity contribution is -0.0245. The van der Waals surface area contributed by atoms with Crippen LogP contribution in [-0.4, -0.2) is 131 Å². The number of hydrogen-bond donors (Lipinski definition) is 4. The van der Waals surface area contributed by atoms with Crippen molar-refractivity contribution in [3.63, 3.8) is 0 Å². The van der Waals surface area contributed by atoms with Gasteiger partial charge in [0.15, 0.2) is 0 Å². The molecule has 0 aromatic heterocycles. The molecule has 10 heteroatoms. The summed E-state index contributed by atoms with van der Waals surface area (Å²) in [6.07, 6.45) is 0. The minimum absolute atomic E-state index is 0.257. The van der Waals surface area contributed by atoms with Crippen molar-refractivity contribution < 1.29 is 34.3 Å². The maximum atomic E-state index is 8.72. The van der Waals surface area contributed by atoms with Crippen LogP contribution in [0.2, 0.25) is 0 Å². The highest BCUT2D eigenvalue weighted by atomic mass is 16.6. The van der Waals surface area contributed by atoms with Crippen LogP contribution in [0.3, 0.4) is 0 Å². The highest BCUT2D eigenvalue weighted by Gasteiger charge is 2.07. The van der Waals surface area contributed by atoms with E-state index < -0.39 is 0 Å². The van der Waals surface area contributed by atoms with E-state index in [4.69, 9.17) is 34.3 Å². The Morgan fingerprint density at radius 1 is 0.593 bits per heavy atom. The predicted octanol–water partition coefficient (Wildman–Crippen LogP) is -1.88. The van der Waals surface area contributed by atoms with Crippen molar-refractivity contribution in [3.8, 4) is 0 Å². The lowest BCUT2D eigenvalue weighted by Crippen LogP contribution is -2.40. The third-order valence-electron chi connectivity index (χ3n) is 3.90. The van der Waals surface area contributed by atoms with Gasteiger partial charge in [-0.05, 0) is 6.92 Å². The molecule has 0 saturated carbocycles. The number of ether oxygens (including phenoxy) is 4.